The summed E-state index contributed by atoms with van der Waals surface area (Å²) < 4.78 is 0. The van der Waals surface area contributed by atoms with E-state index in [1.165, 1.54) is 11.1 Å². The minimum absolute atomic E-state index is 0.160. The number of benzene rings is 1. The van der Waals surface area contributed by atoms with Crippen molar-refractivity contribution in [2.45, 2.75) is 32.1 Å². The van der Waals surface area contributed by atoms with Crippen LogP contribution in [0.5, 0.6) is 0 Å². The molecule has 1 atom stereocenters. The van der Waals surface area contributed by atoms with Crippen LogP contribution < -0.4 is 5.73 Å². The Morgan fingerprint density at radius 1 is 1.40 bits per heavy atom. The van der Waals surface area contributed by atoms with Crippen molar-refractivity contribution < 1.29 is 5.11 Å². The van der Waals surface area contributed by atoms with Crippen LogP contribution in [0.2, 0.25) is 0 Å². The van der Waals surface area contributed by atoms with Crippen molar-refractivity contribution in [1.29, 1.82) is 0 Å². The van der Waals surface area contributed by atoms with Crippen LogP contribution in [0, 0.1) is 0 Å². The molecule has 0 saturated carbocycles. The van der Waals surface area contributed by atoms with Crippen LogP contribution in [0.4, 0.5) is 0 Å². The summed E-state index contributed by atoms with van der Waals surface area (Å²) in [7, 11) is 0. The maximum absolute atomic E-state index is 9.31. The van der Waals surface area contributed by atoms with Crippen molar-refractivity contribution in [2.24, 2.45) is 5.73 Å². The summed E-state index contributed by atoms with van der Waals surface area (Å²) in [5.41, 5.74) is 7.89. The zero-order valence-electron chi connectivity index (χ0n) is 9.83. The van der Waals surface area contributed by atoms with Gasteiger partial charge in [0.25, 0.3) is 0 Å². The second-order valence-electron chi connectivity index (χ2n) is 4.80. The molecule has 1 rings (SSSR count). The molecule has 0 saturated heterocycles. The molecule has 0 aliphatic heterocycles. The average molecular weight is 207 g/mol. The molecule has 0 radical (unpaired) electrons. The van der Waals surface area contributed by atoms with E-state index in [2.05, 4.69) is 25.1 Å². The fourth-order valence-corrected chi connectivity index (χ4v) is 1.49. The molecule has 2 heteroatoms. The number of nitrogens with two attached hydrogens (primary N) is 1. The van der Waals surface area contributed by atoms with Crippen LogP contribution in [0.15, 0.2) is 24.3 Å². The van der Waals surface area contributed by atoms with Crippen molar-refractivity contribution in [3.63, 3.8) is 0 Å². The maximum Gasteiger partial charge on any atom is 0.0522 e. The maximum atomic E-state index is 9.31. The molecule has 0 fully saturated rings. The van der Waals surface area contributed by atoms with Gasteiger partial charge in [-0.15, -0.1) is 0 Å². The topological polar surface area (TPSA) is 46.2 Å². The summed E-state index contributed by atoms with van der Waals surface area (Å²) in [5, 5.41) is 9.31. The van der Waals surface area contributed by atoms with Gasteiger partial charge in [0.15, 0.2) is 0 Å². The van der Waals surface area contributed by atoms with Gasteiger partial charge in [-0.05, 0) is 23.6 Å². The predicted octanol–water partition coefficient (Wildman–Crippen LogP) is 2.02. The summed E-state index contributed by atoms with van der Waals surface area (Å²) in [6.45, 7) is 7.01. The molecular formula is C13H21NO. The zero-order valence-corrected chi connectivity index (χ0v) is 9.83. The smallest absolute Gasteiger partial charge is 0.0522 e. The third-order valence-electron chi connectivity index (χ3n) is 2.99. The first-order valence-corrected chi connectivity index (χ1v) is 5.42. The molecule has 0 aromatic heterocycles. The molecule has 0 aliphatic carbocycles. The first kappa shape index (κ1) is 12.2. The largest absolute Gasteiger partial charge is 0.395 e. The summed E-state index contributed by atoms with van der Waals surface area (Å²) in [4.78, 5) is 0. The van der Waals surface area contributed by atoms with Crippen LogP contribution in [0.3, 0.4) is 0 Å². The van der Waals surface area contributed by atoms with Gasteiger partial charge in [-0.1, -0.05) is 45.0 Å². The van der Waals surface area contributed by atoms with Gasteiger partial charge in [-0.3, -0.25) is 0 Å². The van der Waals surface area contributed by atoms with E-state index in [4.69, 9.17) is 5.73 Å². The molecule has 3 N–H and O–H groups in total. The Kier molecular flexibility index (Phi) is 3.89. The SMILES string of the molecule is CC(CN)c1cccc(C(C)(C)CO)c1. The lowest BCUT2D eigenvalue weighted by atomic mass is 9.83. The van der Waals surface area contributed by atoms with Gasteiger partial charge in [0, 0.05) is 5.41 Å². The van der Waals surface area contributed by atoms with E-state index in [0.717, 1.165) is 0 Å². The lowest BCUT2D eigenvalue weighted by molar-refractivity contribution is 0.218. The quantitative estimate of drug-likeness (QED) is 0.793. The Morgan fingerprint density at radius 3 is 2.60 bits per heavy atom. The van der Waals surface area contributed by atoms with Gasteiger partial charge in [0.05, 0.1) is 6.61 Å². The monoisotopic (exact) mass is 207 g/mol. The van der Waals surface area contributed by atoms with Crippen molar-refractivity contribution in [3.8, 4) is 0 Å². The molecule has 0 aliphatic rings. The summed E-state index contributed by atoms with van der Waals surface area (Å²) in [5.74, 6) is 0.374. The third kappa shape index (κ3) is 2.80. The van der Waals surface area contributed by atoms with Gasteiger partial charge < -0.3 is 10.8 Å². The highest BCUT2D eigenvalue weighted by Crippen LogP contribution is 2.25. The Bertz CT molecular complexity index is 320. The van der Waals surface area contributed by atoms with Crippen molar-refractivity contribution in [3.05, 3.63) is 35.4 Å². The second kappa shape index (κ2) is 4.77. The summed E-state index contributed by atoms with van der Waals surface area (Å²) in [6.07, 6.45) is 0. The van der Waals surface area contributed by atoms with Gasteiger partial charge in [0.2, 0.25) is 0 Å². The number of aliphatic hydroxyl groups excluding tert-OH is 1. The van der Waals surface area contributed by atoms with Crippen LogP contribution in [-0.2, 0) is 5.41 Å². The van der Waals surface area contributed by atoms with E-state index in [-0.39, 0.29) is 12.0 Å². The third-order valence-corrected chi connectivity index (χ3v) is 2.99. The lowest BCUT2D eigenvalue weighted by Gasteiger charge is -2.23. The number of hydrogen-bond donors (Lipinski definition) is 2. The lowest BCUT2D eigenvalue weighted by Crippen LogP contribution is -2.22. The number of aliphatic hydroxyl groups is 1. The molecule has 1 aromatic carbocycles. The normalized spacial score (nSPS) is 13.9. The molecular weight excluding hydrogens is 186 g/mol. The van der Waals surface area contributed by atoms with Crippen LogP contribution in [0.1, 0.15) is 37.8 Å². The number of hydrogen-bond acceptors (Lipinski definition) is 2. The predicted molar refractivity (Wildman–Crippen MR) is 64.0 cm³/mol. The van der Waals surface area contributed by atoms with E-state index in [1.54, 1.807) is 0 Å². The summed E-state index contributed by atoms with van der Waals surface area (Å²) >= 11 is 0. The standard InChI is InChI=1S/C13H21NO/c1-10(8-14)11-5-4-6-12(7-11)13(2,3)9-15/h4-7,10,15H,8-9,14H2,1-3H3. The van der Waals surface area contributed by atoms with E-state index in [0.29, 0.717) is 12.5 Å². The van der Waals surface area contributed by atoms with E-state index < -0.39 is 0 Å². The second-order valence-corrected chi connectivity index (χ2v) is 4.80. The van der Waals surface area contributed by atoms with Gasteiger partial charge in [0.1, 0.15) is 0 Å². The molecule has 1 aromatic rings. The van der Waals surface area contributed by atoms with Gasteiger partial charge in [-0.2, -0.15) is 0 Å². The Balaban J connectivity index is 3.02. The first-order chi connectivity index (χ1) is 7.01. The van der Waals surface area contributed by atoms with E-state index >= 15 is 0 Å². The highest BCUT2D eigenvalue weighted by Gasteiger charge is 2.19. The van der Waals surface area contributed by atoms with Crippen LogP contribution in [0.25, 0.3) is 0 Å². The molecule has 1 unspecified atom stereocenters. The zero-order chi connectivity index (χ0) is 11.5. The Labute approximate surface area is 92.1 Å². The molecule has 84 valence electrons. The minimum atomic E-state index is -0.176. The van der Waals surface area contributed by atoms with E-state index in [9.17, 15) is 5.11 Å². The Morgan fingerprint density at radius 2 is 2.07 bits per heavy atom. The molecule has 0 amide bonds. The molecule has 0 spiro atoms. The van der Waals surface area contributed by atoms with Crippen LogP contribution >= 0.6 is 0 Å². The first-order valence-electron chi connectivity index (χ1n) is 5.42. The minimum Gasteiger partial charge on any atom is -0.395 e. The fourth-order valence-electron chi connectivity index (χ4n) is 1.49. The number of rotatable bonds is 4. The molecule has 2 nitrogen and oxygen atoms in total. The average Bonchev–Trinajstić information content (AvgIpc) is 2.28. The van der Waals surface area contributed by atoms with Crippen molar-refractivity contribution in [2.75, 3.05) is 13.2 Å². The van der Waals surface area contributed by atoms with Gasteiger partial charge >= 0.3 is 0 Å². The molecule has 15 heavy (non-hydrogen) atoms. The molecule has 0 bridgehead atoms. The van der Waals surface area contributed by atoms with Crippen molar-refractivity contribution in [1.82, 2.24) is 0 Å². The molecule has 0 heterocycles. The highest BCUT2D eigenvalue weighted by molar-refractivity contribution is 5.31. The fraction of sp³-hybridized carbons (Fsp3) is 0.538. The van der Waals surface area contributed by atoms with Gasteiger partial charge in [-0.25, -0.2) is 0 Å². The Hall–Kier alpha value is -0.860. The van der Waals surface area contributed by atoms with E-state index in [1.807, 2.05) is 19.9 Å². The van der Waals surface area contributed by atoms with Crippen molar-refractivity contribution >= 4 is 0 Å². The van der Waals surface area contributed by atoms with Crippen LogP contribution in [-0.4, -0.2) is 18.3 Å². The summed E-state index contributed by atoms with van der Waals surface area (Å²) in [6, 6.07) is 8.33. The highest BCUT2D eigenvalue weighted by atomic mass is 16.3.